The van der Waals surface area contributed by atoms with Crippen molar-refractivity contribution in [3.05, 3.63) is 29.3 Å². The van der Waals surface area contributed by atoms with Crippen molar-refractivity contribution in [1.29, 1.82) is 0 Å². The number of carbonyl (C=O) groups is 1. The van der Waals surface area contributed by atoms with Crippen LogP contribution in [0, 0.1) is 11.8 Å². The molecule has 0 spiro atoms. The topological polar surface area (TPSA) is 49.8 Å². The van der Waals surface area contributed by atoms with E-state index in [9.17, 15) is 9.90 Å². The molecule has 2 rings (SSSR count). The standard InChI is InChI=1S/C16H23NO3/c1-11(2)13-6-7-17(10-13)9-12-4-5-15(20-3)14(8-12)16(18)19/h4-5,8,11,13H,6-7,9-10H2,1-3H3,(H,18,19). The van der Waals surface area contributed by atoms with E-state index in [0.29, 0.717) is 11.7 Å². The number of hydrogen-bond acceptors (Lipinski definition) is 3. The first-order valence-corrected chi connectivity index (χ1v) is 7.13. The van der Waals surface area contributed by atoms with Crippen molar-refractivity contribution < 1.29 is 14.6 Å². The minimum Gasteiger partial charge on any atom is -0.496 e. The van der Waals surface area contributed by atoms with Crippen molar-refractivity contribution in [3.8, 4) is 5.75 Å². The van der Waals surface area contributed by atoms with E-state index in [1.54, 1.807) is 12.1 Å². The lowest BCUT2D eigenvalue weighted by molar-refractivity contribution is 0.0693. The fourth-order valence-electron chi connectivity index (χ4n) is 2.83. The van der Waals surface area contributed by atoms with Gasteiger partial charge < -0.3 is 9.84 Å². The predicted molar refractivity (Wildman–Crippen MR) is 78.2 cm³/mol. The number of benzene rings is 1. The molecule has 0 bridgehead atoms. The van der Waals surface area contributed by atoms with E-state index in [1.807, 2.05) is 6.07 Å². The molecule has 1 atom stereocenters. The van der Waals surface area contributed by atoms with Crippen LogP contribution in [0.2, 0.25) is 0 Å². The normalized spacial score (nSPS) is 19.5. The highest BCUT2D eigenvalue weighted by Gasteiger charge is 2.25. The summed E-state index contributed by atoms with van der Waals surface area (Å²) in [5, 5.41) is 9.20. The molecule has 4 heteroatoms. The van der Waals surface area contributed by atoms with Crippen molar-refractivity contribution in [3.63, 3.8) is 0 Å². The van der Waals surface area contributed by atoms with Crippen LogP contribution in [0.25, 0.3) is 0 Å². The molecular weight excluding hydrogens is 254 g/mol. The summed E-state index contributed by atoms with van der Waals surface area (Å²) in [6.45, 7) is 7.55. The second-order valence-electron chi connectivity index (χ2n) is 5.87. The predicted octanol–water partition coefficient (Wildman–Crippen LogP) is 2.87. The van der Waals surface area contributed by atoms with Gasteiger partial charge in [-0.25, -0.2) is 4.79 Å². The minimum atomic E-state index is -0.940. The molecule has 1 aliphatic heterocycles. The van der Waals surface area contributed by atoms with Crippen LogP contribution in [0.3, 0.4) is 0 Å². The fraction of sp³-hybridized carbons (Fsp3) is 0.562. The Morgan fingerprint density at radius 2 is 2.25 bits per heavy atom. The summed E-state index contributed by atoms with van der Waals surface area (Å²) in [5.41, 5.74) is 1.28. The highest BCUT2D eigenvalue weighted by molar-refractivity contribution is 5.91. The van der Waals surface area contributed by atoms with Crippen molar-refractivity contribution >= 4 is 5.97 Å². The number of methoxy groups -OCH3 is 1. The highest BCUT2D eigenvalue weighted by atomic mass is 16.5. The van der Waals surface area contributed by atoms with Gasteiger partial charge in [0.15, 0.2) is 0 Å². The molecule has 1 aliphatic rings. The summed E-state index contributed by atoms with van der Waals surface area (Å²) in [7, 11) is 1.50. The van der Waals surface area contributed by atoms with Gasteiger partial charge >= 0.3 is 5.97 Å². The molecule has 0 aromatic heterocycles. The van der Waals surface area contributed by atoms with Crippen LogP contribution in [-0.2, 0) is 6.54 Å². The maximum absolute atomic E-state index is 11.2. The summed E-state index contributed by atoms with van der Waals surface area (Å²) in [6.07, 6.45) is 1.24. The number of carboxylic acid groups (broad SMARTS) is 1. The summed E-state index contributed by atoms with van der Waals surface area (Å²) in [6, 6.07) is 5.42. The number of hydrogen-bond donors (Lipinski definition) is 1. The van der Waals surface area contributed by atoms with Crippen LogP contribution >= 0.6 is 0 Å². The van der Waals surface area contributed by atoms with Crippen molar-refractivity contribution in [2.75, 3.05) is 20.2 Å². The number of likely N-dealkylation sites (tertiary alicyclic amines) is 1. The van der Waals surface area contributed by atoms with Crippen molar-refractivity contribution in [2.24, 2.45) is 11.8 Å². The van der Waals surface area contributed by atoms with E-state index < -0.39 is 5.97 Å². The van der Waals surface area contributed by atoms with Crippen LogP contribution in [-0.4, -0.2) is 36.2 Å². The SMILES string of the molecule is COc1ccc(CN2CCC(C(C)C)C2)cc1C(=O)O. The Hall–Kier alpha value is -1.55. The Morgan fingerprint density at radius 3 is 2.80 bits per heavy atom. The number of nitrogens with zero attached hydrogens (tertiary/aromatic N) is 1. The largest absolute Gasteiger partial charge is 0.496 e. The van der Waals surface area contributed by atoms with Crippen LogP contribution in [0.4, 0.5) is 0 Å². The molecule has 1 aromatic carbocycles. The minimum absolute atomic E-state index is 0.240. The Bertz CT molecular complexity index is 485. The van der Waals surface area contributed by atoms with Gasteiger partial charge in [-0.05, 0) is 42.5 Å². The average Bonchev–Trinajstić information content (AvgIpc) is 2.87. The van der Waals surface area contributed by atoms with Crippen LogP contribution in [0.5, 0.6) is 5.75 Å². The van der Waals surface area contributed by atoms with Gasteiger partial charge in [0.1, 0.15) is 11.3 Å². The lowest BCUT2D eigenvalue weighted by Gasteiger charge is -2.18. The quantitative estimate of drug-likeness (QED) is 0.899. The summed E-state index contributed by atoms with van der Waals surface area (Å²) in [5.74, 6) is 0.950. The third-order valence-electron chi connectivity index (χ3n) is 4.15. The Morgan fingerprint density at radius 1 is 1.50 bits per heavy atom. The zero-order chi connectivity index (χ0) is 14.7. The molecule has 1 fully saturated rings. The lowest BCUT2D eigenvalue weighted by Crippen LogP contribution is -2.21. The average molecular weight is 277 g/mol. The van der Waals surface area contributed by atoms with Gasteiger partial charge in [0, 0.05) is 13.1 Å². The molecule has 1 unspecified atom stereocenters. The number of ether oxygens (including phenoxy) is 1. The van der Waals surface area contributed by atoms with E-state index in [1.165, 1.54) is 13.5 Å². The van der Waals surface area contributed by atoms with E-state index in [4.69, 9.17) is 4.74 Å². The third-order valence-corrected chi connectivity index (χ3v) is 4.15. The fourth-order valence-corrected chi connectivity index (χ4v) is 2.83. The molecular formula is C16H23NO3. The van der Waals surface area contributed by atoms with Gasteiger partial charge in [0.25, 0.3) is 0 Å². The maximum atomic E-state index is 11.2. The molecule has 1 saturated heterocycles. The smallest absolute Gasteiger partial charge is 0.339 e. The number of rotatable bonds is 5. The van der Waals surface area contributed by atoms with E-state index >= 15 is 0 Å². The first-order valence-electron chi connectivity index (χ1n) is 7.13. The van der Waals surface area contributed by atoms with Gasteiger partial charge in [-0.15, -0.1) is 0 Å². The molecule has 0 saturated carbocycles. The Labute approximate surface area is 120 Å². The van der Waals surface area contributed by atoms with E-state index in [-0.39, 0.29) is 5.56 Å². The Kier molecular flexibility index (Phi) is 4.65. The van der Waals surface area contributed by atoms with E-state index in [0.717, 1.165) is 31.1 Å². The van der Waals surface area contributed by atoms with Gasteiger partial charge in [-0.2, -0.15) is 0 Å². The zero-order valence-electron chi connectivity index (χ0n) is 12.4. The Balaban J connectivity index is 2.07. The van der Waals surface area contributed by atoms with Gasteiger partial charge in [0.2, 0.25) is 0 Å². The zero-order valence-corrected chi connectivity index (χ0v) is 12.4. The first-order chi connectivity index (χ1) is 9.51. The molecule has 0 amide bonds. The summed E-state index contributed by atoms with van der Waals surface area (Å²) >= 11 is 0. The van der Waals surface area contributed by atoms with Gasteiger partial charge in [-0.3, -0.25) is 4.90 Å². The summed E-state index contributed by atoms with van der Waals surface area (Å²) in [4.78, 5) is 13.6. The molecule has 1 heterocycles. The van der Waals surface area contributed by atoms with E-state index in [2.05, 4.69) is 18.7 Å². The third kappa shape index (κ3) is 3.31. The van der Waals surface area contributed by atoms with Crippen molar-refractivity contribution in [1.82, 2.24) is 4.90 Å². The highest BCUT2D eigenvalue weighted by Crippen LogP contribution is 2.26. The summed E-state index contributed by atoms with van der Waals surface area (Å²) < 4.78 is 5.09. The lowest BCUT2D eigenvalue weighted by atomic mass is 9.95. The molecule has 4 nitrogen and oxygen atoms in total. The van der Waals surface area contributed by atoms with Crippen LogP contribution in [0.1, 0.15) is 36.2 Å². The van der Waals surface area contributed by atoms with Gasteiger partial charge in [-0.1, -0.05) is 19.9 Å². The molecule has 1 aromatic rings. The first kappa shape index (κ1) is 14.9. The number of carboxylic acids is 1. The maximum Gasteiger partial charge on any atom is 0.339 e. The molecule has 20 heavy (non-hydrogen) atoms. The van der Waals surface area contributed by atoms with Crippen LogP contribution < -0.4 is 4.74 Å². The second kappa shape index (κ2) is 6.27. The molecule has 0 aliphatic carbocycles. The molecule has 1 N–H and O–H groups in total. The number of aromatic carboxylic acids is 1. The van der Waals surface area contributed by atoms with Gasteiger partial charge in [0.05, 0.1) is 7.11 Å². The monoisotopic (exact) mass is 277 g/mol. The molecule has 0 radical (unpaired) electrons. The van der Waals surface area contributed by atoms with Crippen LogP contribution in [0.15, 0.2) is 18.2 Å². The second-order valence-corrected chi connectivity index (χ2v) is 5.87. The van der Waals surface area contributed by atoms with Crippen molar-refractivity contribution in [2.45, 2.75) is 26.8 Å². The molecule has 110 valence electrons.